The molecule has 0 spiro atoms. The Morgan fingerprint density at radius 2 is 1.84 bits per heavy atom. The summed E-state index contributed by atoms with van der Waals surface area (Å²) in [7, 11) is 3.48. The minimum absolute atomic E-state index is 0.426. The normalized spacial score (nSPS) is 15.3. The summed E-state index contributed by atoms with van der Waals surface area (Å²) in [6.07, 6.45) is 2.15. The van der Waals surface area contributed by atoms with Gasteiger partial charge in [-0.05, 0) is 37.1 Å². The first kappa shape index (κ1) is 21.3. The van der Waals surface area contributed by atoms with Crippen LogP contribution < -0.4 is 14.8 Å². The third kappa shape index (κ3) is 4.22. The number of fused-ring (bicyclic) bond motifs is 2. The van der Waals surface area contributed by atoms with Crippen molar-refractivity contribution in [3.8, 4) is 11.5 Å². The van der Waals surface area contributed by atoms with Gasteiger partial charge in [0.25, 0.3) is 0 Å². The summed E-state index contributed by atoms with van der Waals surface area (Å²) in [5, 5.41) is 7.53. The number of aromatic nitrogens is 1. The molecule has 1 aliphatic heterocycles. The van der Waals surface area contributed by atoms with Crippen LogP contribution in [0.1, 0.15) is 18.4 Å². The number of nitrogens with zero attached hydrogens (tertiary/aromatic N) is 2. The van der Waals surface area contributed by atoms with Crippen LogP contribution >= 0.6 is 22.9 Å². The maximum Gasteiger partial charge on any atom is 0.184 e. The van der Waals surface area contributed by atoms with Crippen LogP contribution in [0.25, 0.3) is 21.0 Å². The highest BCUT2D eigenvalue weighted by atomic mass is 35.5. The first-order chi connectivity index (χ1) is 15.6. The van der Waals surface area contributed by atoms with Crippen LogP contribution in [-0.4, -0.2) is 43.2 Å². The lowest BCUT2D eigenvalue weighted by atomic mass is 10.0. The third-order valence-electron chi connectivity index (χ3n) is 6.12. The Balaban J connectivity index is 1.27. The molecule has 166 valence electrons. The highest BCUT2D eigenvalue weighted by Crippen LogP contribution is 2.37. The van der Waals surface area contributed by atoms with Crippen molar-refractivity contribution < 1.29 is 9.47 Å². The zero-order valence-corrected chi connectivity index (χ0v) is 19.8. The molecule has 0 amide bonds. The first-order valence-corrected chi connectivity index (χ1v) is 12.0. The van der Waals surface area contributed by atoms with Crippen molar-refractivity contribution in [1.29, 1.82) is 0 Å². The summed E-state index contributed by atoms with van der Waals surface area (Å²) in [6.45, 7) is 2.89. The molecule has 0 aliphatic carbocycles. The minimum Gasteiger partial charge on any atom is -0.496 e. The second-order valence-electron chi connectivity index (χ2n) is 8.14. The quantitative estimate of drug-likeness (QED) is 0.366. The first-order valence-electron chi connectivity index (χ1n) is 10.8. The van der Waals surface area contributed by atoms with Gasteiger partial charge in [-0.25, -0.2) is 4.98 Å². The highest BCUT2D eigenvalue weighted by Gasteiger charge is 2.22. The van der Waals surface area contributed by atoms with E-state index >= 15 is 0 Å². The van der Waals surface area contributed by atoms with Crippen LogP contribution in [0.15, 0.2) is 48.5 Å². The van der Waals surface area contributed by atoms with Crippen molar-refractivity contribution in [2.45, 2.75) is 25.4 Å². The number of likely N-dealkylation sites (tertiary alicyclic amines) is 1. The number of benzene rings is 3. The van der Waals surface area contributed by atoms with Gasteiger partial charge < -0.3 is 14.8 Å². The smallest absolute Gasteiger partial charge is 0.184 e. The summed E-state index contributed by atoms with van der Waals surface area (Å²) in [5.41, 5.74) is 2.16. The predicted octanol–water partition coefficient (Wildman–Crippen LogP) is 6.20. The van der Waals surface area contributed by atoms with Crippen LogP contribution in [-0.2, 0) is 6.54 Å². The summed E-state index contributed by atoms with van der Waals surface area (Å²) in [5.74, 6) is 1.83. The molecule has 1 aromatic heterocycles. The number of rotatable bonds is 6. The topological polar surface area (TPSA) is 46.6 Å². The molecule has 0 atom stereocenters. The Labute approximate surface area is 196 Å². The Morgan fingerprint density at radius 3 is 2.59 bits per heavy atom. The van der Waals surface area contributed by atoms with Crippen molar-refractivity contribution in [3.63, 3.8) is 0 Å². The highest BCUT2D eigenvalue weighted by molar-refractivity contribution is 7.22. The van der Waals surface area contributed by atoms with Gasteiger partial charge in [-0.2, -0.15) is 0 Å². The Bertz CT molecular complexity index is 1250. The van der Waals surface area contributed by atoms with Gasteiger partial charge in [-0.1, -0.05) is 47.2 Å². The van der Waals surface area contributed by atoms with E-state index in [2.05, 4.69) is 28.4 Å². The second-order valence-corrected chi connectivity index (χ2v) is 9.61. The van der Waals surface area contributed by atoms with E-state index in [1.807, 2.05) is 30.3 Å². The van der Waals surface area contributed by atoms with Crippen LogP contribution in [0.5, 0.6) is 11.5 Å². The maximum absolute atomic E-state index is 6.11. The van der Waals surface area contributed by atoms with Crippen molar-refractivity contribution in [3.05, 3.63) is 59.1 Å². The van der Waals surface area contributed by atoms with E-state index in [-0.39, 0.29) is 0 Å². The average Bonchev–Trinajstić information content (AvgIpc) is 3.21. The van der Waals surface area contributed by atoms with Gasteiger partial charge in [0.05, 0.1) is 24.4 Å². The van der Waals surface area contributed by atoms with Gasteiger partial charge in [0.15, 0.2) is 5.13 Å². The number of hydrogen-bond donors (Lipinski definition) is 1. The number of thiazole rings is 1. The van der Waals surface area contributed by atoms with E-state index in [9.17, 15) is 0 Å². The predicted molar refractivity (Wildman–Crippen MR) is 134 cm³/mol. The molecule has 0 bridgehead atoms. The largest absolute Gasteiger partial charge is 0.496 e. The van der Waals surface area contributed by atoms with Crippen LogP contribution in [0.3, 0.4) is 0 Å². The number of piperidine rings is 1. The summed E-state index contributed by atoms with van der Waals surface area (Å²) in [4.78, 5) is 7.20. The van der Waals surface area contributed by atoms with Crippen molar-refractivity contribution in [1.82, 2.24) is 9.88 Å². The zero-order valence-electron chi connectivity index (χ0n) is 18.2. The van der Waals surface area contributed by atoms with Crippen molar-refractivity contribution in [2.24, 2.45) is 0 Å². The molecule has 3 aromatic carbocycles. The van der Waals surface area contributed by atoms with E-state index in [1.165, 1.54) is 0 Å². The lowest BCUT2D eigenvalue weighted by molar-refractivity contribution is 0.209. The lowest BCUT2D eigenvalue weighted by Crippen LogP contribution is -2.38. The molecule has 32 heavy (non-hydrogen) atoms. The van der Waals surface area contributed by atoms with Gasteiger partial charge in [0.2, 0.25) is 0 Å². The fourth-order valence-electron chi connectivity index (χ4n) is 4.51. The number of ether oxygens (including phenoxy) is 2. The van der Waals surface area contributed by atoms with Crippen LogP contribution in [0.4, 0.5) is 5.13 Å². The molecule has 0 unspecified atom stereocenters. The molecule has 2 heterocycles. The van der Waals surface area contributed by atoms with Gasteiger partial charge in [0, 0.05) is 47.0 Å². The molecular weight excluding hydrogens is 442 g/mol. The Kier molecular flexibility index (Phi) is 6.09. The zero-order chi connectivity index (χ0) is 22.1. The summed E-state index contributed by atoms with van der Waals surface area (Å²) < 4.78 is 12.6. The average molecular weight is 468 g/mol. The number of hydrogen-bond acceptors (Lipinski definition) is 6. The van der Waals surface area contributed by atoms with Crippen LogP contribution in [0, 0.1) is 0 Å². The van der Waals surface area contributed by atoms with Gasteiger partial charge >= 0.3 is 0 Å². The van der Waals surface area contributed by atoms with E-state index < -0.39 is 0 Å². The Morgan fingerprint density at radius 1 is 1.06 bits per heavy atom. The van der Waals surface area contributed by atoms with Gasteiger partial charge in [-0.3, -0.25) is 4.90 Å². The lowest BCUT2D eigenvalue weighted by Gasteiger charge is -2.32. The number of halogens is 1. The number of anilines is 1. The van der Waals surface area contributed by atoms with Crippen molar-refractivity contribution >= 4 is 49.1 Å². The van der Waals surface area contributed by atoms with Crippen molar-refractivity contribution in [2.75, 3.05) is 32.6 Å². The standard InChI is InChI=1S/C25H26ClN3O2S/c1-30-22-13-16(24(31-2)20-6-4-3-5-19(20)22)15-29-11-9-18(10-12-29)27-25-28-21-8-7-17(26)14-23(21)32-25/h3-8,13-14,18H,9-12,15H2,1-2H3,(H,27,28). The number of nitrogens with one attached hydrogen (secondary N) is 1. The molecule has 1 fully saturated rings. The molecular formula is C25H26ClN3O2S. The molecule has 5 rings (SSSR count). The molecule has 5 nitrogen and oxygen atoms in total. The van der Waals surface area contributed by atoms with E-state index in [1.54, 1.807) is 25.6 Å². The molecule has 1 aliphatic rings. The molecule has 0 radical (unpaired) electrons. The van der Waals surface area contributed by atoms with E-state index in [0.717, 1.165) is 80.7 Å². The second kappa shape index (κ2) is 9.14. The maximum atomic E-state index is 6.11. The molecule has 0 saturated carbocycles. The fourth-order valence-corrected chi connectivity index (χ4v) is 5.73. The van der Waals surface area contributed by atoms with Crippen LogP contribution in [0.2, 0.25) is 5.02 Å². The van der Waals surface area contributed by atoms with Gasteiger partial charge in [-0.15, -0.1) is 0 Å². The summed E-state index contributed by atoms with van der Waals surface area (Å²) >= 11 is 7.78. The Hall–Kier alpha value is -2.54. The third-order valence-corrected chi connectivity index (χ3v) is 7.30. The van der Waals surface area contributed by atoms with E-state index in [4.69, 9.17) is 26.1 Å². The SMILES string of the molecule is COc1cc(CN2CCC(Nc3nc4ccc(Cl)cc4s3)CC2)c(OC)c2ccccc12. The minimum atomic E-state index is 0.426. The number of methoxy groups -OCH3 is 2. The molecule has 7 heteroatoms. The van der Waals surface area contributed by atoms with Gasteiger partial charge in [0.1, 0.15) is 11.5 Å². The molecule has 1 saturated heterocycles. The monoisotopic (exact) mass is 467 g/mol. The summed E-state index contributed by atoms with van der Waals surface area (Å²) in [6, 6.07) is 16.6. The molecule has 4 aromatic rings. The van der Waals surface area contributed by atoms with E-state index in [0.29, 0.717) is 6.04 Å². The molecule has 1 N–H and O–H groups in total. The fraction of sp³-hybridized carbons (Fsp3) is 0.320.